The van der Waals surface area contributed by atoms with E-state index in [0.717, 1.165) is 11.3 Å². The first-order valence-electron chi connectivity index (χ1n) is 6.83. The molecule has 2 aliphatic carbocycles. The van der Waals surface area contributed by atoms with Gasteiger partial charge in [-0.1, -0.05) is 12.2 Å². The molecule has 3 aliphatic rings. The molecule has 0 radical (unpaired) electrons. The second kappa shape index (κ2) is 4.70. The lowest BCUT2D eigenvalue weighted by molar-refractivity contribution is -0.156. The van der Waals surface area contributed by atoms with Gasteiger partial charge in [-0.05, 0) is 18.3 Å². The van der Waals surface area contributed by atoms with E-state index < -0.39 is 12.0 Å². The molecule has 0 aromatic carbocycles. The van der Waals surface area contributed by atoms with E-state index in [1.807, 2.05) is 12.2 Å². The lowest BCUT2D eigenvalue weighted by Crippen LogP contribution is -2.46. The number of ether oxygens (including phenoxy) is 1. The van der Waals surface area contributed by atoms with Crippen molar-refractivity contribution in [2.75, 3.05) is 13.7 Å². The van der Waals surface area contributed by atoms with E-state index in [-0.39, 0.29) is 48.5 Å². The van der Waals surface area contributed by atoms with E-state index in [4.69, 9.17) is 4.74 Å². The molecule has 3 rings (SSSR count). The van der Waals surface area contributed by atoms with Crippen molar-refractivity contribution in [3.05, 3.63) is 12.2 Å². The number of fused-ring (bicyclic) bond motifs is 5. The summed E-state index contributed by atoms with van der Waals surface area (Å²) in [7, 11) is 1.46. The molecule has 108 valence electrons. The number of carboxylic acids is 1. The number of rotatable bonds is 5. The third kappa shape index (κ3) is 1.71. The monoisotopic (exact) mass is 279 g/mol. The van der Waals surface area contributed by atoms with E-state index in [9.17, 15) is 19.5 Å². The van der Waals surface area contributed by atoms with Crippen LogP contribution in [0.4, 0.5) is 0 Å². The molecule has 6 heteroatoms. The van der Waals surface area contributed by atoms with E-state index in [0.29, 0.717) is 0 Å². The van der Waals surface area contributed by atoms with Gasteiger partial charge in [0.15, 0.2) is 0 Å². The number of carbonyl (C=O) groups excluding carboxylic acids is 2. The van der Waals surface area contributed by atoms with Crippen LogP contribution in [0.3, 0.4) is 0 Å². The zero-order chi connectivity index (χ0) is 14.4. The smallest absolute Gasteiger partial charge is 0.327 e. The summed E-state index contributed by atoms with van der Waals surface area (Å²) in [5, 5.41) is 9.29. The van der Waals surface area contributed by atoms with Gasteiger partial charge < -0.3 is 9.84 Å². The lowest BCUT2D eigenvalue weighted by atomic mass is 9.85. The maximum absolute atomic E-state index is 12.5. The van der Waals surface area contributed by atoms with Crippen LogP contribution in [-0.4, -0.2) is 47.5 Å². The molecule has 0 spiro atoms. The Morgan fingerprint density at radius 2 is 1.90 bits per heavy atom. The Morgan fingerprint density at radius 3 is 2.35 bits per heavy atom. The summed E-state index contributed by atoms with van der Waals surface area (Å²) in [6.45, 7) is 0.203. The van der Waals surface area contributed by atoms with E-state index in [1.165, 1.54) is 7.11 Å². The second-order valence-corrected chi connectivity index (χ2v) is 5.68. The number of amides is 2. The quantitative estimate of drug-likeness (QED) is 0.577. The van der Waals surface area contributed by atoms with Crippen molar-refractivity contribution in [2.24, 2.45) is 23.7 Å². The van der Waals surface area contributed by atoms with Gasteiger partial charge in [0.25, 0.3) is 0 Å². The van der Waals surface area contributed by atoms with Crippen molar-refractivity contribution in [3.8, 4) is 0 Å². The maximum Gasteiger partial charge on any atom is 0.327 e. The molecule has 1 saturated heterocycles. The average molecular weight is 279 g/mol. The number of carbonyl (C=O) groups is 3. The summed E-state index contributed by atoms with van der Waals surface area (Å²) in [5.41, 5.74) is 0. The van der Waals surface area contributed by atoms with Gasteiger partial charge in [-0.3, -0.25) is 14.5 Å². The molecule has 1 saturated carbocycles. The minimum absolute atomic E-state index is 0.100. The second-order valence-electron chi connectivity index (χ2n) is 5.68. The fourth-order valence-electron chi connectivity index (χ4n) is 3.83. The van der Waals surface area contributed by atoms with Gasteiger partial charge in [-0.25, -0.2) is 4.79 Å². The van der Waals surface area contributed by atoms with Crippen molar-refractivity contribution in [1.82, 2.24) is 4.90 Å². The Morgan fingerprint density at radius 1 is 1.35 bits per heavy atom. The van der Waals surface area contributed by atoms with Gasteiger partial charge in [0.05, 0.1) is 11.8 Å². The number of hydrogen-bond donors (Lipinski definition) is 1. The summed E-state index contributed by atoms with van der Waals surface area (Å²) >= 11 is 0. The molecule has 20 heavy (non-hydrogen) atoms. The Labute approximate surface area is 116 Å². The number of hydrogen-bond acceptors (Lipinski definition) is 4. The molecule has 5 unspecified atom stereocenters. The van der Waals surface area contributed by atoms with Crippen LogP contribution < -0.4 is 0 Å². The number of likely N-dealkylation sites (tertiary alicyclic amines) is 1. The molecule has 1 heterocycles. The zero-order valence-corrected chi connectivity index (χ0v) is 11.2. The van der Waals surface area contributed by atoms with Crippen LogP contribution in [0.1, 0.15) is 12.8 Å². The van der Waals surface area contributed by atoms with Gasteiger partial charge in [-0.15, -0.1) is 0 Å². The molecular weight excluding hydrogens is 262 g/mol. The number of imide groups is 1. The van der Waals surface area contributed by atoms with Crippen LogP contribution in [0.15, 0.2) is 12.2 Å². The first kappa shape index (κ1) is 13.3. The molecule has 0 aromatic heterocycles. The Bertz CT molecular complexity index is 470. The number of methoxy groups -OCH3 is 1. The van der Waals surface area contributed by atoms with Crippen LogP contribution in [0, 0.1) is 23.7 Å². The van der Waals surface area contributed by atoms with Gasteiger partial charge in [0, 0.05) is 20.1 Å². The number of allylic oxidation sites excluding steroid dienone is 2. The molecule has 5 atom stereocenters. The van der Waals surface area contributed by atoms with Gasteiger partial charge in [-0.2, -0.15) is 0 Å². The minimum Gasteiger partial charge on any atom is -0.480 e. The van der Waals surface area contributed by atoms with Crippen LogP contribution in [0.25, 0.3) is 0 Å². The Hall–Kier alpha value is -1.69. The van der Waals surface area contributed by atoms with Crippen molar-refractivity contribution < 1.29 is 24.2 Å². The molecule has 1 N–H and O–H groups in total. The minimum atomic E-state index is -1.15. The normalized spacial score (nSPS) is 35.8. The highest BCUT2D eigenvalue weighted by molar-refractivity contribution is 6.08. The summed E-state index contributed by atoms with van der Waals surface area (Å²) in [6, 6.07) is -1.11. The standard InChI is InChI=1S/C14H17NO5/c1-20-5-4-9(14(18)19)15-12(16)10-7-2-3-8(6-7)11(10)13(15)17/h2-3,7-11H,4-6H2,1H3,(H,18,19). The molecule has 0 aromatic rings. The highest BCUT2D eigenvalue weighted by Crippen LogP contribution is 2.52. The molecule has 2 fully saturated rings. The third-order valence-electron chi connectivity index (χ3n) is 4.70. The first-order chi connectivity index (χ1) is 9.56. The number of carboxylic acid groups (broad SMARTS) is 1. The van der Waals surface area contributed by atoms with Crippen molar-refractivity contribution >= 4 is 17.8 Å². The molecular formula is C14H17NO5. The third-order valence-corrected chi connectivity index (χ3v) is 4.70. The van der Waals surface area contributed by atoms with Gasteiger partial charge >= 0.3 is 5.97 Å². The van der Waals surface area contributed by atoms with Crippen LogP contribution in [0.2, 0.25) is 0 Å². The Balaban J connectivity index is 1.86. The number of aliphatic carboxylic acids is 1. The van der Waals surface area contributed by atoms with Crippen LogP contribution in [-0.2, 0) is 19.1 Å². The summed E-state index contributed by atoms with van der Waals surface area (Å²) < 4.78 is 4.88. The van der Waals surface area contributed by atoms with Gasteiger partial charge in [0.2, 0.25) is 11.8 Å². The Kier molecular flexibility index (Phi) is 3.12. The fraction of sp³-hybridized carbons (Fsp3) is 0.643. The predicted molar refractivity (Wildman–Crippen MR) is 67.5 cm³/mol. The maximum atomic E-state index is 12.5. The molecule has 2 amide bonds. The SMILES string of the molecule is COCCC(C(=O)O)N1C(=O)C2C3C=CC(C3)C2C1=O. The van der Waals surface area contributed by atoms with Crippen molar-refractivity contribution in [1.29, 1.82) is 0 Å². The van der Waals surface area contributed by atoms with E-state index >= 15 is 0 Å². The molecule has 2 bridgehead atoms. The van der Waals surface area contributed by atoms with Crippen molar-refractivity contribution in [2.45, 2.75) is 18.9 Å². The molecule has 6 nitrogen and oxygen atoms in total. The van der Waals surface area contributed by atoms with Crippen molar-refractivity contribution in [3.63, 3.8) is 0 Å². The van der Waals surface area contributed by atoms with Gasteiger partial charge in [0.1, 0.15) is 6.04 Å². The average Bonchev–Trinajstić information content (AvgIpc) is 3.07. The van der Waals surface area contributed by atoms with Crippen LogP contribution >= 0.6 is 0 Å². The zero-order valence-electron chi connectivity index (χ0n) is 11.2. The summed E-state index contributed by atoms with van der Waals surface area (Å²) in [4.78, 5) is 37.3. The topological polar surface area (TPSA) is 83.9 Å². The van der Waals surface area contributed by atoms with E-state index in [1.54, 1.807) is 0 Å². The lowest BCUT2D eigenvalue weighted by Gasteiger charge is -2.24. The first-order valence-corrected chi connectivity index (χ1v) is 6.83. The largest absolute Gasteiger partial charge is 0.480 e. The highest BCUT2D eigenvalue weighted by Gasteiger charge is 2.61. The number of nitrogens with zero attached hydrogens (tertiary/aromatic N) is 1. The molecule has 1 aliphatic heterocycles. The highest BCUT2D eigenvalue weighted by atomic mass is 16.5. The predicted octanol–water partition coefficient (Wildman–Crippen LogP) is 0.283. The van der Waals surface area contributed by atoms with E-state index in [2.05, 4.69) is 0 Å². The van der Waals surface area contributed by atoms with Crippen LogP contribution in [0.5, 0.6) is 0 Å². The fourth-order valence-corrected chi connectivity index (χ4v) is 3.83. The summed E-state index contributed by atoms with van der Waals surface area (Å²) in [5.74, 6) is -2.28. The summed E-state index contributed by atoms with van der Waals surface area (Å²) in [6.07, 6.45) is 4.96.